The maximum atomic E-state index is 14.4. The molecule has 1 saturated heterocycles. The van der Waals surface area contributed by atoms with Gasteiger partial charge < -0.3 is 20.1 Å². The monoisotopic (exact) mass is 440 g/mol. The van der Waals surface area contributed by atoms with E-state index in [0.717, 1.165) is 0 Å². The third-order valence-electron chi connectivity index (χ3n) is 5.29. The number of esters is 1. The van der Waals surface area contributed by atoms with Gasteiger partial charge in [0, 0.05) is 24.4 Å². The quantitative estimate of drug-likeness (QED) is 0.513. The lowest BCUT2D eigenvalue weighted by atomic mass is 9.84. The van der Waals surface area contributed by atoms with Crippen molar-refractivity contribution >= 4 is 29.5 Å². The summed E-state index contributed by atoms with van der Waals surface area (Å²) in [5.41, 5.74) is -0.255. The summed E-state index contributed by atoms with van der Waals surface area (Å²) in [5, 5.41) is 5.65. The molecular formula is C21H29FN2O5S. The van der Waals surface area contributed by atoms with Crippen LogP contribution in [-0.2, 0) is 25.5 Å². The molecule has 2 amide bonds. The fourth-order valence-electron chi connectivity index (χ4n) is 3.59. The van der Waals surface area contributed by atoms with Crippen molar-refractivity contribution in [3.63, 3.8) is 0 Å². The lowest BCUT2D eigenvalue weighted by Gasteiger charge is -2.30. The van der Waals surface area contributed by atoms with Gasteiger partial charge in [-0.15, -0.1) is 0 Å². The number of rotatable bonds is 11. The molecular weight excluding hydrogens is 411 g/mol. The van der Waals surface area contributed by atoms with E-state index in [1.54, 1.807) is 23.9 Å². The van der Waals surface area contributed by atoms with Crippen molar-refractivity contribution in [2.75, 3.05) is 26.2 Å². The van der Waals surface area contributed by atoms with E-state index in [-0.39, 0.29) is 24.7 Å². The summed E-state index contributed by atoms with van der Waals surface area (Å²) in [7, 11) is 2.75. The molecule has 1 aliphatic heterocycles. The smallest absolute Gasteiger partial charge is 0.328 e. The normalized spacial score (nSPS) is 19.1. The zero-order valence-electron chi connectivity index (χ0n) is 17.6. The summed E-state index contributed by atoms with van der Waals surface area (Å²) in [6.07, 6.45) is 3.95. The van der Waals surface area contributed by atoms with Crippen LogP contribution in [0.4, 0.5) is 4.39 Å². The molecule has 0 saturated carbocycles. The van der Waals surface area contributed by atoms with Gasteiger partial charge in [-0.1, -0.05) is 6.07 Å². The third-order valence-corrected chi connectivity index (χ3v) is 5.93. The van der Waals surface area contributed by atoms with Crippen molar-refractivity contribution in [2.24, 2.45) is 0 Å². The van der Waals surface area contributed by atoms with Gasteiger partial charge in [-0.2, -0.15) is 11.8 Å². The Morgan fingerprint density at radius 3 is 2.70 bits per heavy atom. The number of carbonyl (C=O) groups is 3. The van der Waals surface area contributed by atoms with Gasteiger partial charge in [-0.25, -0.2) is 9.18 Å². The Morgan fingerprint density at radius 1 is 1.37 bits per heavy atom. The molecule has 0 aliphatic carbocycles. The summed E-state index contributed by atoms with van der Waals surface area (Å²) in [6.45, 7) is 0. The molecule has 9 heteroatoms. The number of hydrogen-bond acceptors (Lipinski definition) is 6. The molecule has 1 aliphatic rings. The number of thioether (sulfide) groups is 1. The van der Waals surface area contributed by atoms with Crippen molar-refractivity contribution < 1.29 is 28.2 Å². The zero-order valence-corrected chi connectivity index (χ0v) is 18.4. The van der Waals surface area contributed by atoms with Gasteiger partial charge in [0.05, 0.1) is 14.2 Å². The highest BCUT2D eigenvalue weighted by atomic mass is 32.2. The van der Waals surface area contributed by atoms with E-state index in [9.17, 15) is 18.8 Å². The van der Waals surface area contributed by atoms with Crippen LogP contribution in [0.2, 0.25) is 0 Å². The van der Waals surface area contributed by atoms with Gasteiger partial charge in [0.15, 0.2) is 0 Å². The lowest BCUT2D eigenvalue weighted by molar-refractivity contribution is -0.145. The lowest BCUT2D eigenvalue weighted by Crippen LogP contribution is -2.46. The first-order valence-corrected chi connectivity index (χ1v) is 11.2. The number of nitrogens with one attached hydrogen (secondary N) is 2. The second kappa shape index (κ2) is 11.2. The molecule has 0 unspecified atom stereocenters. The molecule has 2 atom stereocenters. The summed E-state index contributed by atoms with van der Waals surface area (Å²) < 4.78 is 24.2. The van der Waals surface area contributed by atoms with E-state index in [2.05, 4.69) is 10.6 Å². The highest BCUT2D eigenvalue weighted by Gasteiger charge is 2.38. The summed E-state index contributed by atoms with van der Waals surface area (Å²) in [6, 6.07) is 3.90. The SMILES string of the molecule is COC(=O)[C@H](CCSC)NC(=O)CC[C@]1(Cc2ccc(OC)cc2F)CCC(=O)N1. The Labute approximate surface area is 180 Å². The maximum Gasteiger partial charge on any atom is 0.328 e. The van der Waals surface area contributed by atoms with Crippen LogP contribution in [0.25, 0.3) is 0 Å². The average Bonchev–Trinajstić information content (AvgIpc) is 3.11. The third kappa shape index (κ3) is 6.62. The first-order valence-electron chi connectivity index (χ1n) is 9.82. The molecule has 30 heavy (non-hydrogen) atoms. The van der Waals surface area contributed by atoms with Crippen LogP contribution < -0.4 is 15.4 Å². The minimum absolute atomic E-state index is 0.102. The topological polar surface area (TPSA) is 93.7 Å². The van der Waals surface area contributed by atoms with Crippen LogP contribution in [0, 0.1) is 5.82 Å². The molecule has 1 fully saturated rings. The predicted octanol–water partition coefficient (Wildman–Crippen LogP) is 2.22. The van der Waals surface area contributed by atoms with Crippen LogP contribution in [0.1, 0.15) is 37.7 Å². The predicted molar refractivity (Wildman–Crippen MR) is 113 cm³/mol. The first kappa shape index (κ1) is 24.0. The number of amides is 2. The molecule has 2 rings (SSSR count). The number of halogens is 1. The molecule has 7 nitrogen and oxygen atoms in total. The molecule has 0 spiro atoms. The Kier molecular flexibility index (Phi) is 8.95. The second-order valence-electron chi connectivity index (χ2n) is 7.39. The maximum absolute atomic E-state index is 14.4. The number of benzene rings is 1. The molecule has 0 aromatic heterocycles. The standard InChI is InChI=1S/C21H29FN2O5S/c1-28-15-5-4-14(16(22)12-15)13-21(10-7-19(26)24-21)9-6-18(25)23-17(8-11-30-3)20(27)29-2/h4-5,12,17H,6-11,13H2,1-3H3,(H,23,25)(H,24,26)/t17-,21+/m0/s1. The summed E-state index contributed by atoms with van der Waals surface area (Å²) in [5.74, 6) is -0.196. The largest absolute Gasteiger partial charge is 0.497 e. The summed E-state index contributed by atoms with van der Waals surface area (Å²) in [4.78, 5) is 36.3. The molecule has 1 aromatic carbocycles. The van der Waals surface area contributed by atoms with Gasteiger partial charge in [0.2, 0.25) is 11.8 Å². The van der Waals surface area contributed by atoms with Gasteiger partial charge >= 0.3 is 5.97 Å². The van der Waals surface area contributed by atoms with E-state index in [4.69, 9.17) is 9.47 Å². The molecule has 1 heterocycles. The molecule has 0 radical (unpaired) electrons. The average molecular weight is 441 g/mol. The number of ether oxygens (including phenoxy) is 2. The van der Waals surface area contributed by atoms with Crippen molar-refractivity contribution in [2.45, 2.75) is 50.1 Å². The van der Waals surface area contributed by atoms with E-state index >= 15 is 0 Å². The van der Waals surface area contributed by atoms with Crippen LogP contribution in [0.3, 0.4) is 0 Å². The van der Waals surface area contributed by atoms with Gasteiger partial charge in [0.1, 0.15) is 17.6 Å². The Morgan fingerprint density at radius 2 is 2.13 bits per heavy atom. The van der Waals surface area contributed by atoms with Crippen molar-refractivity contribution in [3.05, 3.63) is 29.6 Å². The number of hydrogen-bond donors (Lipinski definition) is 2. The number of carbonyl (C=O) groups excluding carboxylic acids is 3. The molecule has 0 bridgehead atoms. The van der Waals surface area contributed by atoms with E-state index < -0.39 is 23.4 Å². The van der Waals surface area contributed by atoms with Crippen LogP contribution >= 0.6 is 11.8 Å². The van der Waals surface area contributed by atoms with Crippen LogP contribution in [-0.4, -0.2) is 55.6 Å². The van der Waals surface area contributed by atoms with Crippen LogP contribution in [0.15, 0.2) is 18.2 Å². The van der Waals surface area contributed by atoms with Crippen molar-refractivity contribution in [3.8, 4) is 5.75 Å². The van der Waals surface area contributed by atoms with E-state index in [1.807, 2.05) is 6.26 Å². The Hall–Kier alpha value is -2.29. The van der Waals surface area contributed by atoms with Crippen molar-refractivity contribution in [1.29, 1.82) is 0 Å². The fraction of sp³-hybridized carbons (Fsp3) is 0.571. The zero-order chi connectivity index (χ0) is 22.1. The highest BCUT2D eigenvalue weighted by molar-refractivity contribution is 7.98. The second-order valence-corrected chi connectivity index (χ2v) is 8.37. The fourth-order valence-corrected chi connectivity index (χ4v) is 4.06. The number of methoxy groups -OCH3 is 2. The van der Waals surface area contributed by atoms with Crippen LogP contribution in [0.5, 0.6) is 5.75 Å². The Balaban J connectivity index is 2.04. The first-order chi connectivity index (χ1) is 14.3. The van der Waals surface area contributed by atoms with E-state index in [1.165, 1.54) is 20.3 Å². The molecule has 1 aromatic rings. The Bertz CT molecular complexity index is 776. The van der Waals surface area contributed by atoms with Gasteiger partial charge in [0.25, 0.3) is 0 Å². The molecule has 166 valence electrons. The van der Waals surface area contributed by atoms with Gasteiger partial charge in [-0.3, -0.25) is 9.59 Å². The van der Waals surface area contributed by atoms with Crippen molar-refractivity contribution in [1.82, 2.24) is 10.6 Å². The van der Waals surface area contributed by atoms with Gasteiger partial charge in [-0.05, 0) is 49.3 Å². The summed E-state index contributed by atoms with van der Waals surface area (Å²) >= 11 is 1.57. The highest BCUT2D eigenvalue weighted by Crippen LogP contribution is 2.31. The minimum atomic E-state index is -0.705. The minimum Gasteiger partial charge on any atom is -0.497 e. The molecule has 2 N–H and O–H groups in total. The van der Waals surface area contributed by atoms with E-state index in [0.29, 0.717) is 42.7 Å².